The normalized spacial score (nSPS) is 17.3. The number of aryl methyl sites for hydroxylation is 1. The molecule has 0 fully saturated rings. The maximum absolute atomic E-state index is 14.7. The summed E-state index contributed by atoms with van der Waals surface area (Å²) in [4.78, 5) is 8.36. The van der Waals surface area contributed by atoms with E-state index >= 15 is 0 Å². The van der Waals surface area contributed by atoms with Crippen molar-refractivity contribution in [3.8, 4) is 17.3 Å². The van der Waals surface area contributed by atoms with E-state index in [1.165, 1.54) is 6.20 Å². The average molecular weight is 470 g/mol. The van der Waals surface area contributed by atoms with E-state index in [9.17, 15) is 27.9 Å². The summed E-state index contributed by atoms with van der Waals surface area (Å²) in [5.41, 5.74) is 7.47. The second-order valence-corrected chi connectivity index (χ2v) is 8.42. The zero-order chi connectivity index (χ0) is 24.8. The number of anilines is 1. The Morgan fingerprint density at radius 1 is 1.32 bits per heavy atom. The molecule has 0 bridgehead atoms. The number of alkyl halides is 3. The number of hydrogen-bond donors (Lipinski definition) is 2. The standard InChI is InChI=1S/C25H22F4N4O/c1-3-20(27)18-8-15(26)6-14(10-30)17(18)7-13-4-5-16(23-12(2)33-21(31)11-32-23)22-19(13)9-25(28,29)24(22)34/h4-6,8,11,20,24,34H,3,7,9H2,1-2H3,(H2,31,33). The van der Waals surface area contributed by atoms with E-state index < -0.39 is 30.4 Å². The minimum absolute atomic E-state index is 0.0131. The molecular weight excluding hydrogens is 448 g/mol. The lowest BCUT2D eigenvalue weighted by molar-refractivity contribution is -0.0966. The molecule has 3 N–H and O–H groups in total. The lowest BCUT2D eigenvalue weighted by atomic mass is 9.87. The summed E-state index contributed by atoms with van der Waals surface area (Å²) >= 11 is 0. The molecule has 2 unspecified atom stereocenters. The van der Waals surface area contributed by atoms with Crippen molar-refractivity contribution in [3.05, 3.63) is 75.4 Å². The van der Waals surface area contributed by atoms with Gasteiger partial charge in [0.05, 0.1) is 29.2 Å². The number of aromatic nitrogens is 2. The number of benzene rings is 2. The fraction of sp³-hybridized carbons (Fsp3) is 0.320. The first-order valence-electron chi connectivity index (χ1n) is 10.7. The maximum atomic E-state index is 14.7. The van der Waals surface area contributed by atoms with Crippen LogP contribution in [0.4, 0.5) is 23.4 Å². The van der Waals surface area contributed by atoms with Gasteiger partial charge in [-0.3, -0.25) is 4.98 Å². The number of aliphatic hydroxyl groups excluding tert-OH is 1. The molecule has 2 aromatic carbocycles. The molecule has 3 aromatic rings. The molecule has 5 nitrogen and oxygen atoms in total. The molecule has 1 aliphatic rings. The molecule has 176 valence electrons. The van der Waals surface area contributed by atoms with Gasteiger partial charge in [-0.15, -0.1) is 0 Å². The summed E-state index contributed by atoms with van der Waals surface area (Å²) in [5, 5.41) is 20.1. The van der Waals surface area contributed by atoms with E-state index in [1.54, 1.807) is 26.0 Å². The topological polar surface area (TPSA) is 95.8 Å². The van der Waals surface area contributed by atoms with Crippen LogP contribution >= 0.6 is 0 Å². The second kappa shape index (κ2) is 8.69. The predicted octanol–water partition coefficient (Wildman–Crippen LogP) is 5.28. The van der Waals surface area contributed by atoms with Crippen LogP contribution < -0.4 is 5.73 Å². The minimum Gasteiger partial charge on any atom is -0.382 e. The Morgan fingerprint density at radius 3 is 2.71 bits per heavy atom. The molecule has 0 spiro atoms. The Balaban J connectivity index is 1.91. The summed E-state index contributed by atoms with van der Waals surface area (Å²) in [5.74, 6) is -4.01. The van der Waals surface area contributed by atoms with E-state index in [0.717, 1.165) is 12.1 Å². The van der Waals surface area contributed by atoms with Gasteiger partial charge in [0.15, 0.2) is 0 Å². The number of nitrogens with zero attached hydrogens (tertiary/aromatic N) is 3. The van der Waals surface area contributed by atoms with Crippen molar-refractivity contribution < 1.29 is 22.7 Å². The van der Waals surface area contributed by atoms with Gasteiger partial charge in [-0.2, -0.15) is 5.26 Å². The molecule has 1 aromatic heterocycles. The third-order valence-corrected chi connectivity index (χ3v) is 6.19. The number of nitriles is 1. The van der Waals surface area contributed by atoms with Crippen LogP contribution in [0.15, 0.2) is 30.5 Å². The van der Waals surface area contributed by atoms with Gasteiger partial charge in [0.1, 0.15) is 23.9 Å². The van der Waals surface area contributed by atoms with E-state index in [-0.39, 0.29) is 46.5 Å². The molecule has 0 amide bonds. The number of nitrogens with two attached hydrogens (primary N) is 1. The molecule has 1 aliphatic carbocycles. The van der Waals surface area contributed by atoms with Crippen LogP contribution in [-0.4, -0.2) is 21.0 Å². The number of nitrogen functional groups attached to an aromatic ring is 1. The van der Waals surface area contributed by atoms with Gasteiger partial charge in [0, 0.05) is 12.0 Å². The van der Waals surface area contributed by atoms with Crippen LogP contribution in [0.3, 0.4) is 0 Å². The van der Waals surface area contributed by atoms with Crippen LogP contribution in [0.5, 0.6) is 0 Å². The average Bonchev–Trinajstić information content (AvgIpc) is 3.04. The second-order valence-electron chi connectivity index (χ2n) is 8.42. The predicted molar refractivity (Wildman–Crippen MR) is 118 cm³/mol. The van der Waals surface area contributed by atoms with Gasteiger partial charge in [0.25, 0.3) is 5.92 Å². The molecule has 0 aliphatic heterocycles. The number of aliphatic hydroxyl groups is 1. The summed E-state index contributed by atoms with van der Waals surface area (Å²) in [6.07, 6.45) is -3.05. The minimum atomic E-state index is -3.43. The number of hydrogen-bond acceptors (Lipinski definition) is 5. The number of halogens is 4. The van der Waals surface area contributed by atoms with E-state index in [0.29, 0.717) is 22.5 Å². The quantitative estimate of drug-likeness (QED) is 0.495. The Kier molecular flexibility index (Phi) is 6.04. The van der Waals surface area contributed by atoms with Gasteiger partial charge in [-0.1, -0.05) is 19.1 Å². The Morgan fingerprint density at radius 2 is 2.06 bits per heavy atom. The summed E-state index contributed by atoms with van der Waals surface area (Å²) in [7, 11) is 0. The highest BCUT2D eigenvalue weighted by Crippen LogP contribution is 2.49. The lowest BCUT2D eigenvalue weighted by Crippen LogP contribution is -2.21. The highest BCUT2D eigenvalue weighted by atomic mass is 19.3. The molecule has 0 saturated heterocycles. The van der Waals surface area contributed by atoms with Crippen molar-refractivity contribution in [2.75, 3.05) is 5.73 Å². The first-order valence-corrected chi connectivity index (χ1v) is 10.7. The summed E-state index contributed by atoms with van der Waals surface area (Å²) in [6.45, 7) is 3.22. The molecule has 34 heavy (non-hydrogen) atoms. The van der Waals surface area contributed by atoms with E-state index in [1.807, 2.05) is 6.07 Å². The highest BCUT2D eigenvalue weighted by molar-refractivity contribution is 5.71. The van der Waals surface area contributed by atoms with Crippen LogP contribution in [0.2, 0.25) is 0 Å². The Bertz CT molecular complexity index is 1320. The lowest BCUT2D eigenvalue weighted by Gasteiger charge is -2.19. The molecule has 4 rings (SSSR count). The summed E-state index contributed by atoms with van der Waals surface area (Å²) in [6, 6.07) is 7.07. The Hall–Kier alpha value is -3.51. The maximum Gasteiger partial charge on any atom is 0.281 e. The van der Waals surface area contributed by atoms with E-state index in [2.05, 4.69) is 9.97 Å². The van der Waals surface area contributed by atoms with Crippen LogP contribution in [-0.2, 0) is 12.8 Å². The van der Waals surface area contributed by atoms with Gasteiger partial charge in [-0.05, 0) is 59.7 Å². The zero-order valence-electron chi connectivity index (χ0n) is 18.5. The highest BCUT2D eigenvalue weighted by Gasteiger charge is 2.49. The molecule has 0 saturated carbocycles. The first-order chi connectivity index (χ1) is 16.1. The molecule has 1 heterocycles. The molecule has 9 heteroatoms. The van der Waals surface area contributed by atoms with Gasteiger partial charge in [0.2, 0.25) is 0 Å². The van der Waals surface area contributed by atoms with Gasteiger partial charge in [-0.25, -0.2) is 22.5 Å². The van der Waals surface area contributed by atoms with Crippen molar-refractivity contribution in [2.24, 2.45) is 0 Å². The number of rotatable bonds is 5. The molecule has 0 radical (unpaired) electrons. The van der Waals surface area contributed by atoms with Crippen molar-refractivity contribution in [1.29, 1.82) is 5.26 Å². The van der Waals surface area contributed by atoms with Crippen molar-refractivity contribution in [1.82, 2.24) is 9.97 Å². The monoisotopic (exact) mass is 470 g/mol. The molecule has 2 atom stereocenters. The third kappa shape index (κ3) is 3.99. The fourth-order valence-corrected chi connectivity index (χ4v) is 4.56. The van der Waals surface area contributed by atoms with Crippen molar-refractivity contribution in [2.45, 2.75) is 51.3 Å². The SMILES string of the molecule is CCC(F)c1cc(F)cc(C#N)c1Cc1ccc(-c2ncc(N)nc2C)c2c1CC(F)(F)C2O. The van der Waals surface area contributed by atoms with E-state index in [4.69, 9.17) is 5.73 Å². The fourth-order valence-electron chi connectivity index (χ4n) is 4.56. The Labute approximate surface area is 193 Å². The van der Waals surface area contributed by atoms with Crippen molar-refractivity contribution >= 4 is 5.82 Å². The summed E-state index contributed by atoms with van der Waals surface area (Å²) < 4.78 is 58.1. The zero-order valence-corrected chi connectivity index (χ0v) is 18.5. The smallest absolute Gasteiger partial charge is 0.281 e. The molecular formula is C25H22F4N4O. The third-order valence-electron chi connectivity index (χ3n) is 6.19. The van der Waals surface area contributed by atoms with Gasteiger partial charge >= 0.3 is 0 Å². The van der Waals surface area contributed by atoms with Crippen LogP contribution in [0, 0.1) is 24.1 Å². The van der Waals surface area contributed by atoms with Crippen LogP contribution in [0.25, 0.3) is 11.3 Å². The number of fused-ring (bicyclic) bond motifs is 1. The first kappa shape index (κ1) is 23.6. The largest absolute Gasteiger partial charge is 0.382 e. The van der Waals surface area contributed by atoms with Crippen molar-refractivity contribution in [3.63, 3.8) is 0 Å². The van der Waals surface area contributed by atoms with Gasteiger partial charge < -0.3 is 10.8 Å². The van der Waals surface area contributed by atoms with Crippen LogP contribution in [0.1, 0.15) is 64.7 Å².